The van der Waals surface area contributed by atoms with Gasteiger partial charge >= 0.3 is 0 Å². The lowest BCUT2D eigenvalue weighted by Crippen LogP contribution is -2.58. The minimum absolute atomic E-state index is 0.405. The van der Waals surface area contributed by atoms with Crippen molar-refractivity contribution >= 4 is 5.82 Å². The van der Waals surface area contributed by atoms with Crippen molar-refractivity contribution in [3.8, 4) is 6.07 Å². The number of likely N-dealkylation sites (N-methyl/N-ethyl adjacent to an activating group) is 1. The van der Waals surface area contributed by atoms with Crippen molar-refractivity contribution < 1.29 is 0 Å². The van der Waals surface area contributed by atoms with Crippen molar-refractivity contribution in [2.75, 3.05) is 25.0 Å². The Morgan fingerprint density at radius 3 is 2.73 bits per heavy atom. The van der Waals surface area contributed by atoms with Crippen molar-refractivity contribution in [2.24, 2.45) is 0 Å². The van der Waals surface area contributed by atoms with E-state index in [0.29, 0.717) is 17.6 Å². The molecule has 0 radical (unpaired) electrons. The lowest BCUT2D eigenvalue weighted by molar-refractivity contribution is 0.196. The van der Waals surface area contributed by atoms with Gasteiger partial charge in [0.1, 0.15) is 6.07 Å². The molecule has 2 aromatic rings. The van der Waals surface area contributed by atoms with Crippen molar-refractivity contribution in [3.05, 3.63) is 53.5 Å². The predicted octanol–water partition coefficient (Wildman–Crippen LogP) is 1.98. The number of nitrogens with zero attached hydrogens (tertiary/aromatic N) is 5. The highest BCUT2D eigenvalue weighted by Crippen LogP contribution is 2.24. The summed E-state index contributed by atoms with van der Waals surface area (Å²) in [7, 11) is 2.15. The number of hydrogen-bond donors (Lipinski definition) is 0. The Labute approximate surface area is 130 Å². The first-order valence-corrected chi connectivity index (χ1v) is 7.40. The van der Waals surface area contributed by atoms with Crippen LogP contribution < -0.4 is 4.90 Å². The van der Waals surface area contributed by atoms with Gasteiger partial charge < -0.3 is 4.90 Å². The van der Waals surface area contributed by atoms with Gasteiger partial charge in [0, 0.05) is 38.1 Å². The van der Waals surface area contributed by atoms with E-state index < -0.39 is 0 Å². The summed E-state index contributed by atoms with van der Waals surface area (Å²) in [6.45, 7) is 4.86. The lowest BCUT2D eigenvalue weighted by Gasteiger charge is -2.44. The fourth-order valence-corrected chi connectivity index (χ4v) is 2.73. The Bertz CT molecular complexity index is 700. The van der Waals surface area contributed by atoms with E-state index in [4.69, 9.17) is 5.26 Å². The highest BCUT2D eigenvalue weighted by atomic mass is 15.3. The van der Waals surface area contributed by atoms with E-state index in [9.17, 15) is 0 Å². The molecule has 0 amide bonds. The first kappa shape index (κ1) is 14.5. The number of benzene rings is 1. The van der Waals surface area contributed by atoms with E-state index >= 15 is 0 Å². The van der Waals surface area contributed by atoms with Gasteiger partial charge in [-0.2, -0.15) is 5.26 Å². The Balaban J connectivity index is 1.61. The number of nitriles is 1. The molecule has 0 N–H and O–H groups in total. The monoisotopic (exact) mass is 293 g/mol. The summed E-state index contributed by atoms with van der Waals surface area (Å²) in [5.74, 6) is 0.700. The number of aryl methyl sites for hydroxylation is 1. The second kappa shape index (κ2) is 6.12. The second-order valence-corrected chi connectivity index (χ2v) is 5.74. The lowest BCUT2D eigenvalue weighted by atomic mass is 10.0. The van der Waals surface area contributed by atoms with Crippen LogP contribution in [-0.2, 0) is 6.54 Å². The molecule has 1 fully saturated rings. The third-order valence-corrected chi connectivity index (χ3v) is 4.25. The summed E-state index contributed by atoms with van der Waals surface area (Å²) in [6, 6.07) is 11.1. The number of aromatic nitrogens is 2. The van der Waals surface area contributed by atoms with Crippen LogP contribution in [0.1, 0.15) is 16.8 Å². The van der Waals surface area contributed by atoms with Crippen molar-refractivity contribution in [3.63, 3.8) is 0 Å². The van der Waals surface area contributed by atoms with Crippen molar-refractivity contribution in [1.82, 2.24) is 14.9 Å². The minimum atomic E-state index is 0.405. The number of hydrogen-bond acceptors (Lipinski definition) is 5. The standard InChI is InChI=1S/C17H19N5/c1-13-5-3-4-6-14(13)10-21(2)15-11-22(12-15)17-16(9-18)19-7-8-20-17/h3-8,15H,10-12H2,1-2H3. The van der Waals surface area contributed by atoms with Crippen LogP contribution in [0, 0.1) is 18.3 Å². The van der Waals surface area contributed by atoms with Crippen LogP contribution >= 0.6 is 0 Å². The highest BCUT2D eigenvalue weighted by molar-refractivity contribution is 5.52. The van der Waals surface area contributed by atoms with Crippen LogP contribution in [0.4, 0.5) is 5.82 Å². The molecule has 1 aromatic carbocycles. The molecular weight excluding hydrogens is 274 g/mol. The molecule has 0 bridgehead atoms. The van der Waals surface area contributed by atoms with Gasteiger partial charge in [-0.05, 0) is 25.1 Å². The predicted molar refractivity (Wildman–Crippen MR) is 85.4 cm³/mol. The van der Waals surface area contributed by atoms with E-state index in [2.05, 4.69) is 64.1 Å². The topological polar surface area (TPSA) is 56.1 Å². The molecule has 5 heteroatoms. The Hall–Kier alpha value is -2.45. The first-order chi connectivity index (χ1) is 10.7. The van der Waals surface area contributed by atoms with Gasteiger partial charge in [-0.15, -0.1) is 0 Å². The SMILES string of the molecule is Cc1ccccc1CN(C)C1CN(c2nccnc2C#N)C1. The molecule has 0 aliphatic carbocycles. The molecule has 0 saturated carbocycles. The van der Waals surface area contributed by atoms with E-state index in [1.807, 2.05) is 0 Å². The molecule has 3 rings (SSSR count). The third kappa shape index (κ3) is 2.78. The quantitative estimate of drug-likeness (QED) is 0.862. The van der Waals surface area contributed by atoms with Gasteiger partial charge in [-0.25, -0.2) is 9.97 Å². The zero-order chi connectivity index (χ0) is 15.5. The minimum Gasteiger partial charge on any atom is -0.351 e. The zero-order valence-corrected chi connectivity index (χ0v) is 12.9. The fourth-order valence-electron chi connectivity index (χ4n) is 2.73. The van der Waals surface area contributed by atoms with E-state index in [1.165, 1.54) is 11.1 Å². The van der Waals surface area contributed by atoms with Gasteiger partial charge in [0.2, 0.25) is 0 Å². The van der Waals surface area contributed by atoms with Gasteiger partial charge in [-0.3, -0.25) is 4.90 Å². The third-order valence-electron chi connectivity index (χ3n) is 4.25. The van der Waals surface area contributed by atoms with Crippen molar-refractivity contribution in [2.45, 2.75) is 19.5 Å². The molecule has 0 unspecified atom stereocenters. The molecule has 0 spiro atoms. The van der Waals surface area contributed by atoms with E-state index in [-0.39, 0.29) is 0 Å². The molecule has 112 valence electrons. The van der Waals surface area contributed by atoms with Crippen LogP contribution in [0.5, 0.6) is 0 Å². The molecule has 22 heavy (non-hydrogen) atoms. The van der Waals surface area contributed by atoms with Crippen LogP contribution in [0.15, 0.2) is 36.7 Å². The van der Waals surface area contributed by atoms with E-state index in [1.54, 1.807) is 12.4 Å². The molecule has 1 saturated heterocycles. The molecule has 1 aliphatic rings. The largest absolute Gasteiger partial charge is 0.351 e. The molecule has 5 nitrogen and oxygen atoms in total. The van der Waals surface area contributed by atoms with Gasteiger partial charge in [-0.1, -0.05) is 24.3 Å². The molecule has 0 atom stereocenters. The normalized spacial score (nSPS) is 14.7. The summed E-state index contributed by atoms with van der Waals surface area (Å²) < 4.78 is 0. The summed E-state index contributed by atoms with van der Waals surface area (Å²) >= 11 is 0. The smallest absolute Gasteiger partial charge is 0.183 e. The maximum atomic E-state index is 9.10. The van der Waals surface area contributed by atoms with Crippen LogP contribution in [0.3, 0.4) is 0 Å². The van der Waals surface area contributed by atoms with Gasteiger partial charge in [0.25, 0.3) is 0 Å². The fraction of sp³-hybridized carbons (Fsp3) is 0.353. The summed E-state index contributed by atoms with van der Waals surface area (Å²) in [6.07, 6.45) is 3.20. The Kier molecular flexibility index (Phi) is 4.03. The van der Waals surface area contributed by atoms with Gasteiger partial charge in [0.15, 0.2) is 11.5 Å². The average Bonchev–Trinajstić information content (AvgIpc) is 2.48. The first-order valence-electron chi connectivity index (χ1n) is 7.40. The zero-order valence-electron chi connectivity index (χ0n) is 12.9. The van der Waals surface area contributed by atoms with Crippen LogP contribution in [0.2, 0.25) is 0 Å². The molecular formula is C17H19N5. The summed E-state index contributed by atoms with van der Waals surface area (Å²) in [5.41, 5.74) is 3.09. The molecule has 1 aliphatic heterocycles. The second-order valence-electron chi connectivity index (χ2n) is 5.74. The average molecular weight is 293 g/mol. The maximum Gasteiger partial charge on any atom is 0.183 e. The Morgan fingerprint density at radius 2 is 2.00 bits per heavy atom. The molecule has 2 heterocycles. The molecule has 1 aromatic heterocycles. The maximum absolute atomic E-state index is 9.10. The van der Waals surface area contributed by atoms with E-state index in [0.717, 1.165) is 19.6 Å². The Morgan fingerprint density at radius 1 is 1.27 bits per heavy atom. The van der Waals surface area contributed by atoms with Gasteiger partial charge in [0.05, 0.1) is 0 Å². The summed E-state index contributed by atoms with van der Waals surface area (Å²) in [4.78, 5) is 12.8. The number of anilines is 1. The van der Waals surface area contributed by atoms with Crippen molar-refractivity contribution in [1.29, 1.82) is 5.26 Å². The summed E-state index contributed by atoms with van der Waals surface area (Å²) in [5, 5.41) is 9.10. The number of rotatable bonds is 4. The van der Waals surface area contributed by atoms with Crippen LogP contribution in [-0.4, -0.2) is 41.0 Å². The van der Waals surface area contributed by atoms with Crippen LogP contribution in [0.25, 0.3) is 0 Å². The highest BCUT2D eigenvalue weighted by Gasteiger charge is 2.32.